The van der Waals surface area contributed by atoms with E-state index in [4.69, 9.17) is 13.9 Å². The highest BCUT2D eigenvalue weighted by atomic mass is 19.3. The zero-order valence-corrected chi connectivity index (χ0v) is 16.4. The van der Waals surface area contributed by atoms with Gasteiger partial charge in [-0.3, -0.25) is 0 Å². The molecule has 0 aliphatic heterocycles. The van der Waals surface area contributed by atoms with Crippen LogP contribution >= 0.6 is 0 Å². The first-order chi connectivity index (χ1) is 15.2. The van der Waals surface area contributed by atoms with Crippen LogP contribution in [-0.2, 0) is 11.3 Å². The number of benzene rings is 2. The number of halogens is 6. The van der Waals surface area contributed by atoms with E-state index in [1.54, 1.807) is 18.2 Å². The number of methoxy groups -OCH3 is 1. The zero-order valence-electron chi connectivity index (χ0n) is 16.4. The van der Waals surface area contributed by atoms with Gasteiger partial charge in [0.05, 0.1) is 13.7 Å². The van der Waals surface area contributed by atoms with Crippen LogP contribution in [0.1, 0.15) is 5.56 Å². The van der Waals surface area contributed by atoms with Gasteiger partial charge in [-0.15, -0.1) is 10.2 Å². The molecule has 1 heterocycles. The van der Waals surface area contributed by atoms with E-state index in [9.17, 15) is 26.3 Å². The van der Waals surface area contributed by atoms with Gasteiger partial charge in [0, 0.05) is 11.1 Å². The van der Waals surface area contributed by atoms with Gasteiger partial charge < -0.3 is 18.6 Å². The Morgan fingerprint density at radius 1 is 0.938 bits per heavy atom. The normalized spacial score (nSPS) is 11.9. The Hall–Kier alpha value is -3.28. The van der Waals surface area contributed by atoms with Crippen molar-refractivity contribution >= 4 is 0 Å². The second kappa shape index (κ2) is 9.90. The topological polar surface area (TPSA) is 66.6 Å². The third-order valence-electron chi connectivity index (χ3n) is 4.11. The monoisotopic (exact) mass is 462 g/mol. The van der Waals surface area contributed by atoms with Gasteiger partial charge in [0.15, 0.2) is 11.5 Å². The minimum Gasteiger partial charge on any atom is -0.493 e. The van der Waals surface area contributed by atoms with Gasteiger partial charge >= 0.3 is 19.0 Å². The molecule has 6 nitrogen and oxygen atoms in total. The van der Waals surface area contributed by atoms with E-state index >= 15 is 0 Å². The first kappa shape index (κ1) is 23.4. The Morgan fingerprint density at radius 3 is 2.25 bits per heavy atom. The average Bonchev–Trinajstić information content (AvgIpc) is 3.24. The van der Waals surface area contributed by atoms with E-state index in [0.29, 0.717) is 16.7 Å². The van der Waals surface area contributed by atoms with E-state index in [-0.39, 0.29) is 29.9 Å². The summed E-state index contributed by atoms with van der Waals surface area (Å²) in [5.41, 5.74) is 1.22. The predicted molar refractivity (Wildman–Crippen MR) is 99.0 cm³/mol. The summed E-state index contributed by atoms with van der Waals surface area (Å²) in [4.78, 5) is 0. The molecule has 1 aromatic heterocycles. The second-order valence-corrected chi connectivity index (χ2v) is 6.41. The number of hydrogen-bond donors (Lipinski definition) is 0. The maximum absolute atomic E-state index is 12.9. The molecule has 0 amide bonds. The molecule has 3 aromatic rings. The van der Waals surface area contributed by atoms with Crippen molar-refractivity contribution in [1.82, 2.24) is 10.2 Å². The van der Waals surface area contributed by atoms with Gasteiger partial charge in [0.2, 0.25) is 11.8 Å². The largest absolute Gasteiger partial charge is 0.493 e. The molecule has 0 N–H and O–H groups in total. The van der Waals surface area contributed by atoms with Crippen molar-refractivity contribution in [3.63, 3.8) is 0 Å². The number of hydrogen-bond acceptors (Lipinski definition) is 6. The first-order valence-electron chi connectivity index (χ1n) is 8.99. The summed E-state index contributed by atoms with van der Waals surface area (Å²) in [6, 6.07) is 10.3. The Kier molecular flexibility index (Phi) is 7.23. The third kappa shape index (κ3) is 5.69. The van der Waals surface area contributed by atoms with Crippen molar-refractivity contribution in [3.05, 3.63) is 48.0 Å². The van der Waals surface area contributed by atoms with E-state index < -0.39 is 25.6 Å². The summed E-state index contributed by atoms with van der Waals surface area (Å²) in [5.74, 6) is -4.25. The van der Waals surface area contributed by atoms with Gasteiger partial charge in [-0.2, -0.15) is 17.6 Å². The molecule has 0 fully saturated rings. The van der Waals surface area contributed by atoms with Crippen molar-refractivity contribution in [2.24, 2.45) is 0 Å². The second-order valence-electron chi connectivity index (χ2n) is 6.41. The molecule has 0 aliphatic carbocycles. The molecule has 2 aromatic carbocycles. The maximum Gasteiger partial charge on any atom is 0.387 e. The lowest BCUT2D eigenvalue weighted by Gasteiger charge is -2.15. The van der Waals surface area contributed by atoms with Crippen LogP contribution in [0, 0.1) is 0 Å². The number of nitrogens with zero attached hydrogens (tertiary/aromatic N) is 2. The van der Waals surface area contributed by atoms with Gasteiger partial charge in [-0.25, -0.2) is 8.78 Å². The van der Waals surface area contributed by atoms with Crippen molar-refractivity contribution in [2.75, 3.05) is 13.7 Å². The minimum absolute atomic E-state index is 0.0299. The minimum atomic E-state index is -4.24. The summed E-state index contributed by atoms with van der Waals surface area (Å²) >= 11 is 0. The van der Waals surface area contributed by atoms with Crippen LogP contribution in [0.3, 0.4) is 0 Å². The van der Waals surface area contributed by atoms with Crippen LogP contribution < -0.4 is 9.47 Å². The van der Waals surface area contributed by atoms with E-state index in [1.807, 2.05) is 0 Å². The molecule has 0 aliphatic rings. The first-order valence-corrected chi connectivity index (χ1v) is 8.99. The number of alkyl halides is 6. The molecule has 0 atom stereocenters. The molecule has 0 radical (unpaired) electrons. The molecular formula is C20H16F6N2O4. The van der Waals surface area contributed by atoms with Crippen LogP contribution in [0.5, 0.6) is 11.5 Å². The van der Waals surface area contributed by atoms with Crippen molar-refractivity contribution in [1.29, 1.82) is 0 Å². The fraction of sp³-hybridized carbons (Fsp3) is 0.300. The summed E-state index contributed by atoms with van der Waals surface area (Å²) in [7, 11) is 1.28. The van der Waals surface area contributed by atoms with Crippen LogP contribution in [0.2, 0.25) is 0 Å². The molecule has 0 spiro atoms. The lowest BCUT2D eigenvalue weighted by molar-refractivity contribution is -0.168. The maximum atomic E-state index is 12.9. The van der Waals surface area contributed by atoms with Gasteiger partial charge in [-0.05, 0) is 35.9 Å². The number of aromatic nitrogens is 2. The smallest absolute Gasteiger partial charge is 0.387 e. The lowest BCUT2D eigenvalue weighted by atomic mass is 10.1. The summed E-state index contributed by atoms with van der Waals surface area (Å²) in [5, 5.41) is 7.80. The fourth-order valence-electron chi connectivity index (χ4n) is 2.61. The van der Waals surface area contributed by atoms with Crippen molar-refractivity contribution in [2.45, 2.75) is 25.6 Å². The number of ether oxygens (including phenoxy) is 3. The summed E-state index contributed by atoms with van der Waals surface area (Å²) in [6.07, 6.45) is -3.82. The Balaban J connectivity index is 1.74. The highest BCUT2D eigenvalue weighted by Crippen LogP contribution is 2.34. The zero-order chi connectivity index (χ0) is 23.3. The molecule has 0 unspecified atom stereocenters. The Bertz CT molecular complexity index is 1040. The quantitative estimate of drug-likeness (QED) is 0.375. The van der Waals surface area contributed by atoms with Crippen molar-refractivity contribution < 1.29 is 45.0 Å². The number of rotatable bonds is 10. The molecule has 0 saturated carbocycles. The third-order valence-corrected chi connectivity index (χ3v) is 4.11. The van der Waals surface area contributed by atoms with Crippen LogP contribution in [0.25, 0.3) is 22.9 Å². The van der Waals surface area contributed by atoms with E-state index in [1.165, 1.54) is 31.4 Å². The lowest BCUT2D eigenvalue weighted by Crippen LogP contribution is -2.32. The van der Waals surface area contributed by atoms with E-state index in [0.717, 1.165) is 0 Å². The van der Waals surface area contributed by atoms with Crippen LogP contribution in [0.15, 0.2) is 46.9 Å². The Labute approximate surface area is 177 Å². The summed E-state index contributed by atoms with van der Waals surface area (Å²) in [6.45, 7) is -4.78. The van der Waals surface area contributed by atoms with Gasteiger partial charge in [0.1, 0.15) is 6.61 Å². The van der Waals surface area contributed by atoms with Crippen molar-refractivity contribution in [3.8, 4) is 34.4 Å². The van der Waals surface area contributed by atoms with Gasteiger partial charge in [-0.1, -0.05) is 12.1 Å². The van der Waals surface area contributed by atoms with E-state index in [2.05, 4.69) is 14.9 Å². The summed E-state index contributed by atoms with van der Waals surface area (Å²) < 4.78 is 94.8. The fourth-order valence-corrected chi connectivity index (χ4v) is 2.61. The van der Waals surface area contributed by atoms with Crippen LogP contribution in [-0.4, -0.2) is 42.9 Å². The SMILES string of the molecule is COc1cc(-c2nnc(-c3cccc(COCC(F)(F)C(F)F)c3)o2)ccc1OC(F)F. The standard InChI is InChI=1S/C20H16F6N2O4/c1-29-15-8-13(5-6-14(15)31-19(23)24)17-28-27-16(32-17)12-4-2-3-11(7-12)9-30-10-20(25,26)18(21)22/h2-8,18-19H,9-10H2,1H3. The molecule has 0 bridgehead atoms. The average molecular weight is 462 g/mol. The molecular weight excluding hydrogens is 446 g/mol. The molecule has 0 saturated heterocycles. The van der Waals surface area contributed by atoms with Crippen LogP contribution in [0.4, 0.5) is 26.3 Å². The molecule has 12 heteroatoms. The molecule has 32 heavy (non-hydrogen) atoms. The molecule has 172 valence electrons. The highest BCUT2D eigenvalue weighted by Gasteiger charge is 2.40. The highest BCUT2D eigenvalue weighted by molar-refractivity contribution is 5.62. The predicted octanol–water partition coefficient (Wildman–Crippen LogP) is 5.43. The Morgan fingerprint density at radius 2 is 1.62 bits per heavy atom. The molecule has 3 rings (SSSR count). The van der Waals surface area contributed by atoms with Gasteiger partial charge in [0.25, 0.3) is 0 Å².